The van der Waals surface area contributed by atoms with E-state index in [2.05, 4.69) is 28.3 Å². The third kappa shape index (κ3) is 3.07. The summed E-state index contributed by atoms with van der Waals surface area (Å²) in [6, 6.07) is 10.4. The van der Waals surface area contributed by atoms with Crippen LogP contribution in [0, 0.1) is 0 Å². The Morgan fingerprint density at radius 2 is 2.08 bits per heavy atom. The Morgan fingerprint density at radius 3 is 2.88 bits per heavy atom. The van der Waals surface area contributed by atoms with Crippen LogP contribution >= 0.6 is 11.6 Å². The van der Waals surface area contributed by atoms with Crippen LogP contribution in [0.3, 0.4) is 0 Å². The van der Waals surface area contributed by atoms with Gasteiger partial charge in [0.25, 0.3) is 5.91 Å². The van der Waals surface area contributed by atoms with Crippen molar-refractivity contribution in [2.24, 2.45) is 0 Å². The van der Waals surface area contributed by atoms with Gasteiger partial charge < -0.3 is 4.90 Å². The van der Waals surface area contributed by atoms with Crippen molar-refractivity contribution in [1.82, 2.24) is 19.7 Å². The number of carbonyl (C=O) groups is 1. The molecule has 2 aromatic heterocycles. The number of carbonyl (C=O) groups excluding carboxylic acids is 1. The molecule has 0 aliphatic carbocycles. The standard InChI is InChI=1S/C20H21ClN4O/c1-2-25-19(17(21)12-23-25)20(26)24-9-5-8-16(13-24)18-10-14-6-3-4-7-15(14)11-22-18/h3-4,6-7,10-12,16H,2,5,8-9,13H2,1H3/t16-/m0/s1. The van der Waals surface area contributed by atoms with Crippen LogP contribution in [0.15, 0.2) is 42.7 Å². The van der Waals surface area contributed by atoms with Crippen LogP contribution in [0.4, 0.5) is 0 Å². The van der Waals surface area contributed by atoms with Gasteiger partial charge in [-0.3, -0.25) is 14.5 Å². The number of hydrogen-bond donors (Lipinski definition) is 0. The van der Waals surface area contributed by atoms with Gasteiger partial charge in [-0.15, -0.1) is 0 Å². The lowest BCUT2D eigenvalue weighted by molar-refractivity contribution is 0.0693. The molecule has 0 saturated carbocycles. The van der Waals surface area contributed by atoms with Gasteiger partial charge in [0.15, 0.2) is 0 Å². The van der Waals surface area contributed by atoms with Crippen LogP contribution in [0.1, 0.15) is 41.9 Å². The van der Waals surface area contributed by atoms with Crippen LogP contribution in [-0.2, 0) is 6.54 Å². The van der Waals surface area contributed by atoms with E-state index in [1.807, 2.05) is 30.2 Å². The summed E-state index contributed by atoms with van der Waals surface area (Å²) in [6.07, 6.45) is 5.47. The summed E-state index contributed by atoms with van der Waals surface area (Å²) in [5, 5.41) is 6.93. The summed E-state index contributed by atoms with van der Waals surface area (Å²) in [5.41, 5.74) is 1.54. The third-order valence-electron chi connectivity index (χ3n) is 5.08. The molecule has 1 saturated heterocycles. The monoisotopic (exact) mass is 368 g/mol. The number of halogens is 1. The zero-order valence-corrected chi connectivity index (χ0v) is 15.5. The molecule has 1 aliphatic rings. The molecule has 1 atom stereocenters. The maximum Gasteiger partial charge on any atom is 0.273 e. The smallest absolute Gasteiger partial charge is 0.273 e. The van der Waals surface area contributed by atoms with E-state index in [-0.39, 0.29) is 11.8 Å². The van der Waals surface area contributed by atoms with Crippen molar-refractivity contribution in [3.8, 4) is 0 Å². The molecule has 3 aromatic rings. The Balaban J connectivity index is 1.58. The Hall–Kier alpha value is -2.40. The van der Waals surface area contributed by atoms with Gasteiger partial charge in [-0.25, -0.2) is 0 Å². The van der Waals surface area contributed by atoms with Crippen molar-refractivity contribution in [2.75, 3.05) is 13.1 Å². The van der Waals surface area contributed by atoms with Gasteiger partial charge in [0.1, 0.15) is 5.69 Å². The minimum absolute atomic E-state index is 0.0418. The molecule has 6 heteroatoms. The molecule has 1 aromatic carbocycles. The predicted octanol–water partition coefficient (Wildman–Crippen LogP) is 4.12. The van der Waals surface area contributed by atoms with Gasteiger partial charge in [-0.1, -0.05) is 35.9 Å². The average molecular weight is 369 g/mol. The fourth-order valence-corrected chi connectivity index (χ4v) is 3.91. The molecule has 0 unspecified atom stereocenters. The fraction of sp³-hybridized carbons (Fsp3) is 0.350. The highest BCUT2D eigenvalue weighted by molar-refractivity contribution is 6.33. The molecule has 1 amide bonds. The van der Waals surface area contributed by atoms with Crippen molar-refractivity contribution in [1.29, 1.82) is 0 Å². The lowest BCUT2D eigenvalue weighted by Gasteiger charge is -2.32. The lowest BCUT2D eigenvalue weighted by Crippen LogP contribution is -2.40. The highest BCUT2D eigenvalue weighted by Crippen LogP contribution is 2.29. The highest BCUT2D eigenvalue weighted by atomic mass is 35.5. The summed E-state index contributed by atoms with van der Waals surface area (Å²) >= 11 is 6.21. The number of benzene rings is 1. The van der Waals surface area contributed by atoms with Gasteiger partial charge in [-0.2, -0.15) is 5.10 Å². The molecule has 1 aliphatic heterocycles. The van der Waals surface area contributed by atoms with Gasteiger partial charge in [0.05, 0.1) is 11.2 Å². The number of amides is 1. The highest BCUT2D eigenvalue weighted by Gasteiger charge is 2.29. The predicted molar refractivity (Wildman–Crippen MR) is 103 cm³/mol. The number of piperidine rings is 1. The largest absolute Gasteiger partial charge is 0.337 e. The zero-order chi connectivity index (χ0) is 18.1. The summed E-state index contributed by atoms with van der Waals surface area (Å²) in [6.45, 7) is 3.99. The summed E-state index contributed by atoms with van der Waals surface area (Å²) < 4.78 is 1.67. The first-order valence-corrected chi connectivity index (χ1v) is 9.40. The zero-order valence-electron chi connectivity index (χ0n) is 14.7. The lowest BCUT2D eigenvalue weighted by atomic mass is 9.93. The van der Waals surface area contributed by atoms with Crippen LogP contribution in [0.2, 0.25) is 5.02 Å². The normalized spacial score (nSPS) is 17.6. The quantitative estimate of drug-likeness (QED) is 0.698. The van der Waals surface area contributed by atoms with E-state index in [4.69, 9.17) is 11.6 Å². The second-order valence-electron chi connectivity index (χ2n) is 6.70. The first-order chi connectivity index (χ1) is 12.7. The second kappa shape index (κ2) is 7.08. The molecule has 5 nitrogen and oxygen atoms in total. The van der Waals surface area contributed by atoms with E-state index in [0.717, 1.165) is 30.5 Å². The van der Waals surface area contributed by atoms with Crippen molar-refractivity contribution < 1.29 is 4.79 Å². The third-order valence-corrected chi connectivity index (χ3v) is 5.35. The first-order valence-electron chi connectivity index (χ1n) is 9.02. The molecule has 0 spiro atoms. The molecule has 1 fully saturated rings. The number of nitrogens with zero attached hydrogens (tertiary/aromatic N) is 4. The number of rotatable bonds is 3. The van der Waals surface area contributed by atoms with E-state index < -0.39 is 0 Å². The van der Waals surface area contributed by atoms with Crippen molar-refractivity contribution in [2.45, 2.75) is 32.2 Å². The van der Waals surface area contributed by atoms with Gasteiger partial charge in [0, 0.05) is 42.8 Å². The molecule has 26 heavy (non-hydrogen) atoms. The molecular formula is C20H21ClN4O. The molecule has 0 bridgehead atoms. The topological polar surface area (TPSA) is 51.0 Å². The number of aromatic nitrogens is 3. The molecule has 0 radical (unpaired) electrons. The Kier molecular flexibility index (Phi) is 4.64. The van der Waals surface area contributed by atoms with Crippen LogP contribution in [0.25, 0.3) is 10.8 Å². The number of aryl methyl sites for hydroxylation is 1. The van der Waals surface area contributed by atoms with E-state index in [1.165, 1.54) is 5.39 Å². The second-order valence-corrected chi connectivity index (χ2v) is 7.11. The van der Waals surface area contributed by atoms with Gasteiger partial charge in [0.2, 0.25) is 0 Å². The van der Waals surface area contributed by atoms with E-state index in [1.54, 1.807) is 10.9 Å². The first kappa shape index (κ1) is 17.0. The Bertz CT molecular complexity index is 952. The average Bonchev–Trinajstić information content (AvgIpc) is 3.07. The molecule has 134 valence electrons. The summed E-state index contributed by atoms with van der Waals surface area (Å²) in [7, 11) is 0. The fourth-order valence-electron chi connectivity index (χ4n) is 3.69. The minimum atomic E-state index is -0.0418. The molecular weight excluding hydrogens is 348 g/mol. The van der Waals surface area contributed by atoms with Crippen LogP contribution in [0.5, 0.6) is 0 Å². The maximum atomic E-state index is 13.0. The van der Waals surface area contributed by atoms with E-state index in [9.17, 15) is 4.79 Å². The Labute approximate surface area is 157 Å². The summed E-state index contributed by atoms with van der Waals surface area (Å²) in [4.78, 5) is 19.6. The van der Waals surface area contributed by atoms with Crippen molar-refractivity contribution in [3.05, 3.63) is 59.1 Å². The van der Waals surface area contributed by atoms with Gasteiger partial charge >= 0.3 is 0 Å². The summed E-state index contributed by atoms with van der Waals surface area (Å²) in [5.74, 6) is 0.203. The molecule has 0 N–H and O–H groups in total. The number of hydrogen-bond acceptors (Lipinski definition) is 3. The van der Waals surface area contributed by atoms with E-state index in [0.29, 0.717) is 23.8 Å². The van der Waals surface area contributed by atoms with Crippen LogP contribution < -0.4 is 0 Å². The number of fused-ring (bicyclic) bond motifs is 1. The Morgan fingerprint density at radius 1 is 1.27 bits per heavy atom. The van der Waals surface area contributed by atoms with E-state index >= 15 is 0 Å². The maximum absolute atomic E-state index is 13.0. The van der Waals surface area contributed by atoms with Crippen molar-refractivity contribution >= 4 is 28.3 Å². The number of likely N-dealkylation sites (tertiary alicyclic amines) is 1. The van der Waals surface area contributed by atoms with Gasteiger partial charge in [-0.05, 0) is 31.2 Å². The SMILES string of the molecule is CCn1ncc(Cl)c1C(=O)N1CCC[C@H](c2cc3ccccc3cn2)C1. The molecule has 4 rings (SSSR count). The molecule has 3 heterocycles. The number of pyridine rings is 1. The van der Waals surface area contributed by atoms with Crippen molar-refractivity contribution in [3.63, 3.8) is 0 Å². The van der Waals surface area contributed by atoms with Crippen LogP contribution in [-0.4, -0.2) is 38.7 Å². The minimum Gasteiger partial charge on any atom is -0.337 e.